The van der Waals surface area contributed by atoms with E-state index in [1.807, 2.05) is 78.9 Å². The van der Waals surface area contributed by atoms with Crippen LogP contribution in [0.3, 0.4) is 0 Å². The van der Waals surface area contributed by atoms with Crippen LogP contribution in [0.15, 0.2) is 84.9 Å². The number of benzene rings is 3. The summed E-state index contributed by atoms with van der Waals surface area (Å²) in [6.45, 7) is 0.302. The van der Waals surface area contributed by atoms with Gasteiger partial charge in [0.1, 0.15) is 6.04 Å². The van der Waals surface area contributed by atoms with Gasteiger partial charge >= 0.3 is 5.97 Å². The molecule has 0 aliphatic heterocycles. The molecule has 5 heteroatoms. The zero-order valence-electron chi connectivity index (χ0n) is 16.9. The van der Waals surface area contributed by atoms with Crippen molar-refractivity contribution in [1.29, 1.82) is 0 Å². The van der Waals surface area contributed by atoms with Crippen LogP contribution in [-0.4, -0.2) is 35.7 Å². The molecule has 0 aromatic heterocycles. The average molecular weight is 420 g/mol. The fraction of sp³-hybridized carbons (Fsp3) is 0.200. The Kier molecular flexibility index (Phi) is 7.69. The van der Waals surface area contributed by atoms with Crippen molar-refractivity contribution in [1.82, 2.24) is 4.90 Å². The van der Waals surface area contributed by atoms with E-state index in [1.165, 1.54) is 7.11 Å². The first-order valence-corrected chi connectivity index (χ1v) is 10.5. The first-order valence-electron chi connectivity index (χ1n) is 9.83. The highest BCUT2D eigenvalue weighted by atomic mass is 32.1. The Morgan fingerprint density at radius 1 is 0.900 bits per heavy atom. The van der Waals surface area contributed by atoms with Gasteiger partial charge in [-0.3, -0.25) is 4.79 Å². The number of thiol groups is 1. The average Bonchev–Trinajstić information content (AvgIpc) is 2.81. The molecule has 30 heavy (non-hydrogen) atoms. The summed E-state index contributed by atoms with van der Waals surface area (Å²) in [5.41, 5.74) is 3.27. The molecule has 3 aromatic rings. The maximum Gasteiger partial charge on any atom is 0.328 e. The predicted octanol–water partition coefficient (Wildman–Crippen LogP) is 4.86. The molecule has 0 saturated heterocycles. The molecule has 0 spiro atoms. The van der Waals surface area contributed by atoms with E-state index in [2.05, 4.69) is 12.6 Å². The molecule has 154 valence electrons. The minimum Gasteiger partial charge on any atom is -0.467 e. The second-order valence-electron chi connectivity index (χ2n) is 6.88. The maximum atomic E-state index is 13.8. The van der Waals surface area contributed by atoms with E-state index in [4.69, 9.17) is 4.74 Å². The summed E-state index contributed by atoms with van der Waals surface area (Å²) in [5, 5.41) is 0. The SMILES string of the molecule is COC(=O)[C@H](CCS)N(Cc1ccccc1)C(=O)c1ccccc1-c1ccccc1. The summed E-state index contributed by atoms with van der Waals surface area (Å²) in [6.07, 6.45) is 0.405. The molecule has 0 fully saturated rings. The van der Waals surface area contributed by atoms with Gasteiger partial charge in [0.15, 0.2) is 0 Å². The van der Waals surface area contributed by atoms with Gasteiger partial charge in [-0.05, 0) is 34.9 Å². The van der Waals surface area contributed by atoms with Crippen LogP contribution in [0.1, 0.15) is 22.3 Å². The third-order valence-electron chi connectivity index (χ3n) is 4.95. The summed E-state index contributed by atoms with van der Waals surface area (Å²) in [5.74, 6) is -0.195. The summed E-state index contributed by atoms with van der Waals surface area (Å²) in [4.78, 5) is 27.9. The minimum absolute atomic E-state index is 0.213. The minimum atomic E-state index is -0.718. The van der Waals surface area contributed by atoms with Gasteiger partial charge in [0.05, 0.1) is 7.11 Å². The molecule has 0 aliphatic carbocycles. The van der Waals surface area contributed by atoms with E-state index in [9.17, 15) is 9.59 Å². The second kappa shape index (κ2) is 10.6. The summed E-state index contributed by atoms with van der Waals surface area (Å²) in [7, 11) is 1.34. The highest BCUT2D eigenvalue weighted by molar-refractivity contribution is 7.80. The van der Waals surface area contributed by atoms with E-state index in [0.29, 0.717) is 24.3 Å². The molecule has 1 amide bonds. The largest absolute Gasteiger partial charge is 0.467 e. The number of hydrogen-bond donors (Lipinski definition) is 1. The molecular formula is C25H25NO3S. The van der Waals surface area contributed by atoms with Crippen LogP contribution in [0.4, 0.5) is 0 Å². The molecule has 0 radical (unpaired) electrons. The van der Waals surface area contributed by atoms with Crippen LogP contribution in [0.2, 0.25) is 0 Å². The van der Waals surface area contributed by atoms with Crippen molar-refractivity contribution in [3.8, 4) is 11.1 Å². The van der Waals surface area contributed by atoms with Crippen molar-refractivity contribution >= 4 is 24.5 Å². The number of hydrogen-bond acceptors (Lipinski definition) is 4. The highest BCUT2D eigenvalue weighted by Crippen LogP contribution is 2.26. The van der Waals surface area contributed by atoms with E-state index in [0.717, 1.165) is 16.7 Å². The lowest BCUT2D eigenvalue weighted by atomic mass is 9.98. The smallest absolute Gasteiger partial charge is 0.328 e. The third kappa shape index (κ3) is 5.10. The van der Waals surface area contributed by atoms with Crippen LogP contribution in [0.25, 0.3) is 11.1 Å². The molecule has 0 unspecified atom stereocenters. The molecule has 3 aromatic carbocycles. The molecule has 0 heterocycles. The fourth-order valence-electron chi connectivity index (χ4n) is 3.46. The zero-order valence-corrected chi connectivity index (χ0v) is 17.8. The highest BCUT2D eigenvalue weighted by Gasteiger charge is 2.32. The molecular weight excluding hydrogens is 394 g/mol. The van der Waals surface area contributed by atoms with Crippen LogP contribution in [-0.2, 0) is 16.1 Å². The molecule has 3 rings (SSSR count). The number of methoxy groups -OCH3 is 1. The van der Waals surface area contributed by atoms with Gasteiger partial charge in [-0.25, -0.2) is 4.79 Å². The standard InChI is InChI=1S/C25H25NO3S/c1-29-25(28)23(16-17-30)26(18-19-10-4-2-5-11-19)24(27)22-15-9-8-14-21(22)20-12-6-3-7-13-20/h2-15,23,30H,16-18H2,1H3/t23-/m0/s1. The van der Waals surface area contributed by atoms with Gasteiger partial charge < -0.3 is 9.64 Å². The predicted molar refractivity (Wildman–Crippen MR) is 122 cm³/mol. The lowest BCUT2D eigenvalue weighted by Gasteiger charge is -2.30. The Labute approximate surface area is 182 Å². The van der Waals surface area contributed by atoms with E-state index >= 15 is 0 Å². The van der Waals surface area contributed by atoms with Gasteiger partial charge in [0.25, 0.3) is 5.91 Å². The van der Waals surface area contributed by atoms with E-state index < -0.39 is 12.0 Å². The monoisotopic (exact) mass is 419 g/mol. The van der Waals surface area contributed by atoms with Crippen molar-refractivity contribution in [3.63, 3.8) is 0 Å². The van der Waals surface area contributed by atoms with Crippen LogP contribution in [0.5, 0.6) is 0 Å². The van der Waals surface area contributed by atoms with Gasteiger partial charge in [-0.15, -0.1) is 0 Å². The lowest BCUT2D eigenvalue weighted by molar-refractivity contribution is -0.146. The maximum absolute atomic E-state index is 13.8. The quantitative estimate of drug-likeness (QED) is 0.419. The van der Waals surface area contributed by atoms with E-state index in [-0.39, 0.29) is 5.91 Å². The first-order chi connectivity index (χ1) is 14.7. The van der Waals surface area contributed by atoms with Gasteiger partial charge in [0, 0.05) is 12.1 Å². The van der Waals surface area contributed by atoms with Crippen molar-refractivity contribution in [2.45, 2.75) is 19.0 Å². The van der Waals surface area contributed by atoms with Crippen molar-refractivity contribution in [2.75, 3.05) is 12.9 Å². The number of carbonyl (C=O) groups excluding carboxylic acids is 2. The molecule has 0 N–H and O–H groups in total. The molecule has 0 aliphatic rings. The second-order valence-corrected chi connectivity index (χ2v) is 7.33. The topological polar surface area (TPSA) is 46.6 Å². The van der Waals surface area contributed by atoms with Gasteiger partial charge in [-0.2, -0.15) is 12.6 Å². The number of ether oxygens (including phenoxy) is 1. The van der Waals surface area contributed by atoms with E-state index in [1.54, 1.807) is 11.0 Å². The Hall–Kier alpha value is -3.05. The summed E-state index contributed by atoms with van der Waals surface area (Å²) < 4.78 is 5.02. The number of amides is 1. The Balaban J connectivity index is 2.05. The van der Waals surface area contributed by atoms with Crippen LogP contribution >= 0.6 is 12.6 Å². The Bertz CT molecular complexity index is 976. The Morgan fingerprint density at radius 2 is 1.50 bits per heavy atom. The Morgan fingerprint density at radius 3 is 2.13 bits per heavy atom. The third-order valence-corrected chi connectivity index (χ3v) is 5.21. The first kappa shape index (κ1) is 21.7. The molecule has 4 nitrogen and oxygen atoms in total. The summed E-state index contributed by atoms with van der Waals surface area (Å²) >= 11 is 4.30. The molecule has 0 saturated carbocycles. The number of esters is 1. The van der Waals surface area contributed by atoms with Gasteiger partial charge in [-0.1, -0.05) is 78.9 Å². The van der Waals surface area contributed by atoms with Crippen molar-refractivity contribution < 1.29 is 14.3 Å². The summed E-state index contributed by atoms with van der Waals surface area (Å²) in [6, 6.07) is 26.2. The van der Waals surface area contributed by atoms with Crippen LogP contribution < -0.4 is 0 Å². The van der Waals surface area contributed by atoms with Crippen molar-refractivity contribution in [3.05, 3.63) is 96.1 Å². The fourth-order valence-corrected chi connectivity index (χ4v) is 3.70. The zero-order chi connectivity index (χ0) is 21.3. The van der Waals surface area contributed by atoms with Crippen molar-refractivity contribution in [2.24, 2.45) is 0 Å². The lowest BCUT2D eigenvalue weighted by Crippen LogP contribution is -2.45. The number of nitrogens with zero attached hydrogens (tertiary/aromatic N) is 1. The van der Waals surface area contributed by atoms with Gasteiger partial charge in [0.2, 0.25) is 0 Å². The molecule has 0 bridgehead atoms. The normalized spacial score (nSPS) is 11.5. The molecule has 1 atom stereocenters. The van der Waals surface area contributed by atoms with Crippen LogP contribution in [0, 0.1) is 0 Å². The number of rotatable bonds is 8. The number of carbonyl (C=O) groups is 2.